The van der Waals surface area contributed by atoms with Gasteiger partial charge in [0.15, 0.2) is 0 Å². The second-order valence-electron chi connectivity index (χ2n) is 6.08. The fourth-order valence-electron chi connectivity index (χ4n) is 3.45. The van der Waals surface area contributed by atoms with Crippen molar-refractivity contribution in [3.63, 3.8) is 0 Å². The predicted molar refractivity (Wildman–Crippen MR) is 93.6 cm³/mol. The summed E-state index contributed by atoms with van der Waals surface area (Å²) in [7, 11) is 0. The highest BCUT2D eigenvalue weighted by Gasteiger charge is 2.61. The van der Waals surface area contributed by atoms with Gasteiger partial charge in [0.25, 0.3) is 0 Å². The van der Waals surface area contributed by atoms with E-state index in [0.717, 1.165) is 0 Å². The lowest BCUT2D eigenvalue weighted by atomic mass is 9.70. The number of likely N-dealkylation sites (N-methyl/N-ethyl adjacent to an activating group) is 1. The molecule has 3 nitrogen and oxygen atoms in total. The van der Waals surface area contributed by atoms with E-state index in [1.807, 2.05) is 13.8 Å². The Morgan fingerprint density at radius 3 is 2.52 bits per heavy atom. The Bertz CT molecular complexity index is 774. The van der Waals surface area contributed by atoms with E-state index in [1.165, 1.54) is 18.3 Å². The Morgan fingerprint density at radius 1 is 1.16 bits per heavy atom. The van der Waals surface area contributed by atoms with E-state index in [-0.39, 0.29) is 28.5 Å². The molecular weight excluding hydrogens is 351 g/mol. The highest BCUT2D eigenvalue weighted by Crippen LogP contribution is 2.54. The Kier molecular flexibility index (Phi) is 4.68. The third-order valence-electron chi connectivity index (χ3n) is 4.80. The molecule has 0 amide bonds. The number of alkyl halides is 3. The first-order chi connectivity index (χ1) is 11.8. The van der Waals surface area contributed by atoms with Gasteiger partial charge >= 0.3 is 6.18 Å². The van der Waals surface area contributed by atoms with Crippen molar-refractivity contribution in [1.82, 2.24) is 9.88 Å². The zero-order valence-corrected chi connectivity index (χ0v) is 14.7. The topological polar surface area (TPSA) is 28.2 Å². The highest BCUT2D eigenvalue weighted by atomic mass is 35.5. The molecule has 0 radical (unpaired) electrons. The molecule has 0 aliphatic carbocycles. The molecule has 1 N–H and O–H groups in total. The van der Waals surface area contributed by atoms with Crippen LogP contribution in [0.4, 0.5) is 24.7 Å². The molecule has 1 atom stereocenters. The number of halogens is 4. The van der Waals surface area contributed by atoms with Crippen molar-refractivity contribution < 1.29 is 13.2 Å². The zero-order chi connectivity index (χ0) is 18.2. The molecule has 2 aromatic rings. The molecule has 0 saturated carbocycles. The molecule has 7 heteroatoms. The van der Waals surface area contributed by atoms with E-state index in [2.05, 4.69) is 10.3 Å². The van der Waals surface area contributed by atoms with Crippen LogP contribution in [-0.2, 0) is 5.41 Å². The average molecular weight is 370 g/mol. The summed E-state index contributed by atoms with van der Waals surface area (Å²) in [6, 6.07) is 7.61. The molecule has 1 aromatic carbocycles. The molecule has 134 valence electrons. The first-order valence-corrected chi connectivity index (χ1v) is 8.53. The summed E-state index contributed by atoms with van der Waals surface area (Å²) in [6.07, 6.45) is -3.01. The summed E-state index contributed by atoms with van der Waals surface area (Å²) in [5.41, 5.74) is -1.53. The lowest BCUT2D eigenvalue weighted by Gasteiger charge is -2.44. The number of aromatic nitrogens is 1. The van der Waals surface area contributed by atoms with E-state index in [9.17, 15) is 13.2 Å². The van der Waals surface area contributed by atoms with Crippen LogP contribution in [-0.4, -0.2) is 35.7 Å². The number of benzene rings is 1. The summed E-state index contributed by atoms with van der Waals surface area (Å²) < 4.78 is 43.8. The van der Waals surface area contributed by atoms with Crippen molar-refractivity contribution in [3.8, 4) is 0 Å². The summed E-state index contributed by atoms with van der Waals surface area (Å²) in [4.78, 5) is 5.92. The third kappa shape index (κ3) is 2.87. The minimum Gasteiger partial charge on any atom is -0.340 e. The lowest BCUT2D eigenvalue weighted by Crippen LogP contribution is -2.53. The third-order valence-corrected chi connectivity index (χ3v) is 5.04. The van der Waals surface area contributed by atoms with E-state index in [1.54, 1.807) is 23.1 Å². The monoisotopic (exact) mass is 369 g/mol. The molecule has 0 bridgehead atoms. The normalized spacial score (nSPS) is 19.3. The Morgan fingerprint density at radius 2 is 1.88 bits per heavy atom. The largest absolute Gasteiger partial charge is 0.403 e. The van der Waals surface area contributed by atoms with Crippen molar-refractivity contribution >= 4 is 23.1 Å². The van der Waals surface area contributed by atoms with Gasteiger partial charge in [-0.2, -0.15) is 13.2 Å². The molecular formula is C18H19ClF3N3. The summed E-state index contributed by atoms with van der Waals surface area (Å²) in [5.74, 6) is 0.238. The summed E-state index contributed by atoms with van der Waals surface area (Å²) >= 11 is 6.06. The number of nitrogens with zero attached hydrogens (tertiary/aromatic N) is 2. The van der Waals surface area contributed by atoms with E-state index < -0.39 is 11.6 Å². The van der Waals surface area contributed by atoms with Gasteiger partial charge in [-0.1, -0.05) is 31.5 Å². The summed E-state index contributed by atoms with van der Waals surface area (Å²) in [5, 5.41) is 3.29. The van der Waals surface area contributed by atoms with Crippen molar-refractivity contribution in [2.45, 2.75) is 25.4 Å². The predicted octanol–water partition coefficient (Wildman–Crippen LogP) is 4.98. The first kappa shape index (κ1) is 18.0. The number of hydrogen-bond donors (Lipinski definition) is 1. The minimum absolute atomic E-state index is 0.129. The van der Waals surface area contributed by atoms with Gasteiger partial charge in [0.05, 0.1) is 0 Å². The summed E-state index contributed by atoms with van der Waals surface area (Å²) in [6.45, 7) is 4.58. The number of rotatable bonds is 4. The molecule has 0 fully saturated rings. The van der Waals surface area contributed by atoms with Gasteiger partial charge < -0.3 is 10.2 Å². The SMILES string of the molecule is CCN(CC)CC1(C(F)(F)F)c2cc(Cl)ccc2Nc2ncccc21. The van der Waals surface area contributed by atoms with Crippen molar-refractivity contribution in [2.75, 3.05) is 25.0 Å². The second kappa shape index (κ2) is 6.50. The van der Waals surface area contributed by atoms with Crippen LogP contribution < -0.4 is 5.32 Å². The van der Waals surface area contributed by atoms with Crippen LogP contribution in [0.25, 0.3) is 0 Å². The Hall–Kier alpha value is -1.79. The molecule has 25 heavy (non-hydrogen) atoms. The first-order valence-electron chi connectivity index (χ1n) is 8.15. The van der Waals surface area contributed by atoms with Crippen LogP contribution in [0.1, 0.15) is 25.0 Å². The molecule has 3 rings (SSSR count). The van der Waals surface area contributed by atoms with E-state index in [4.69, 9.17) is 11.6 Å². The van der Waals surface area contributed by atoms with E-state index in [0.29, 0.717) is 18.8 Å². The van der Waals surface area contributed by atoms with Crippen LogP contribution >= 0.6 is 11.6 Å². The molecule has 0 saturated heterocycles. The van der Waals surface area contributed by atoms with E-state index >= 15 is 0 Å². The van der Waals surface area contributed by atoms with Gasteiger partial charge in [-0.25, -0.2) is 4.98 Å². The van der Waals surface area contributed by atoms with Crippen LogP contribution in [0.15, 0.2) is 36.5 Å². The quantitative estimate of drug-likeness (QED) is 0.823. The van der Waals surface area contributed by atoms with Gasteiger partial charge in [0.2, 0.25) is 0 Å². The number of nitrogens with one attached hydrogen (secondary N) is 1. The van der Waals surface area contributed by atoms with Gasteiger partial charge in [-0.3, -0.25) is 0 Å². The van der Waals surface area contributed by atoms with Crippen LogP contribution in [0.5, 0.6) is 0 Å². The highest BCUT2D eigenvalue weighted by molar-refractivity contribution is 6.30. The minimum atomic E-state index is -4.51. The number of anilines is 2. The lowest BCUT2D eigenvalue weighted by molar-refractivity contribution is -0.183. The molecule has 1 aliphatic rings. The molecule has 0 spiro atoms. The van der Waals surface area contributed by atoms with Gasteiger partial charge in [0, 0.05) is 29.0 Å². The number of pyridine rings is 1. The van der Waals surface area contributed by atoms with Crippen molar-refractivity contribution in [3.05, 3.63) is 52.7 Å². The Balaban J connectivity index is 2.34. The van der Waals surface area contributed by atoms with Crippen LogP contribution in [0.2, 0.25) is 5.02 Å². The molecule has 1 unspecified atom stereocenters. The zero-order valence-electron chi connectivity index (χ0n) is 14.0. The van der Waals surface area contributed by atoms with Gasteiger partial charge in [-0.15, -0.1) is 0 Å². The fourth-order valence-corrected chi connectivity index (χ4v) is 3.62. The van der Waals surface area contributed by atoms with Crippen molar-refractivity contribution in [1.29, 1.82) is 0 Å². The van der Waals surface area contributed by atoms with Gasteiger partial charge in [-0.05, 0) is 42.9 Å². The maximum absolute atomic E-state index is 14.6. The van der Waals surface area contributed by atoms with Crippen LogP contribution in [0, 0.1) is 0 Å². The number of hydrogen-bond acceptors (Lipinski definition) is 3. The maximum Gasteiger partial charge on any atom is 0.403 e. The molecule has 1 aromatic heterocycles. The average Bonchev–Trinajstić information content (AvgIpc) is 2.58. The maximum atomic E-state index is 14.6. The second-order valence-corrected chi connectivity index (χ2v) is 6.52. The standard InChI is InChI=1S/C18H19ClF3N3/c1-3-25(4-2)11-17(18(20,21)22)13-6-5-9-23-16(13)24-15-8-7-12(19)10-14(15)17/h5-10H,3-4,11H2,1-2H3,(H,23,24). The molecule has 1 aliphatic heterocycles. The van der Waals surface area contributed by atoms with Crippen molar-refractivity contribution in [2.24, 2.45) is 0 Å². The Labute approximate surface area is 149 Å². The molecule has 2 heterocycles. The smallest absolute Gasteiger partial charge is 0.340 e. The van der Waals surface area contributed by atoms with Gasteiger partial charge in [0.1, 0.15) is 11.2 Å². The fraction of sp³-hybridized carbons (Fsp3) is 0.389. The number of fused-ring (bicyclic) bond motifs is 2. The van der Waals surface area contributed by atoms with Crippen LogP contribution in [0.3, 0.4) is 0 Å².